The molecule has 17 heavy (non-hydrogen) atoms. The average molecular weight is 224 g/mol. The molecule has 3 heterocycles. The van der Waals surface area contributed by atoms with Gasteiger partial charge in [0.2, 0.25) is 0 Å². The molecule has 0 aliphatic rings. The SMILES string of the molecule is CCc1nc2ncc(-c3ccncc3)cc2[nH]1. The number of nitrogens with one attached hydrogen (secondary N) is 1. The first-order valence-electron chi connectivity index (χ1n) is 5.62. The molecule has 1 N–H and O–H groups in total. The molecular formula is C13H12N4. The van der Waals surface area contributed by atoms with E-state index in [0.29, 0.717) is 0 Å². The monoisotopic (exact) mass is 224 g/mol. The van der Waals surface area contributed by atoms with Crippen molar-refractivity contribution in [1.82, 2.24) is 19.9 Å². The number of hydrogen-bond acceptors (Lipinski definition) is 3. The van der Waals surface area contributed by atoms with Crippen molar-refractivity contribution >= 4 is 11.2 Å². The van der Waals surface area contributed by atoms with E-state index in [4.69, 9.17) is 0 Å². The Bertz CT molecular complexity index is 643. The van der Waals surface area contributed by atoms with Crippen LogP contribution in [-0.4, -0.2) is 19.9 Å². The Morgan fingerprint density at radius 1 is 1.18 bits per heavy atom. The third kappa shape index (κ3) is 1.78. The van der Waals surface area contributed by atoms with E-state index in [2.05, 4.69) is 32.9 Å². The Hall–Kier alpha value is -2.23. The second-order valence-corrected chi connectivity index (χ2v) is 3.87. The number of hydrogen-bond donors (Lipinski definition) is 1. The van der Waals surface area contributed by atoms with E-state index in [-0.39, 0.29) is 0 Å². The van der Waals surface area contributed by atoms with Crippen LogP contribution in [0.15, 0.2) is 36.8 Å². The van der Waals surface area contributed by atoms with Gasteiger partial charge in [-0.25, -0.2) is 9.97 Å². The first kappa shape index (κ1) is 9.96. The fourth-order valence-electron chi connectivity index (χ4n) is 1.82. The van der Waals surface area contributed by atoms with E-state index < -0.39 is 0 Å². The number of rotatable bonds is 2. The molecule has 0 spiro atoms. The number of aromatic amines is 1. The first-order chi connectivity index (χ1) is 8.36. The Morgan fingerprint density at radius 3 is 2.76 bits per heavy atom. The molecule has 0 saturated carbocycles. The van der Waals surface area contributed by atoms with E-state index in [1.807, 2.05) is 18.3 Å². The smallest absolute Gasteiger partial charge is 0.177 e. The maximum Gasteiger partial charge on any atom is 0.177 e. The average Bonchev–Trinajstić information content (AvgIpc) is 2.81. The van der Waals surface area contributed by atoms with Crippen LogP contribution >= 0.6 is 0 Å². The molecule has 0 aliphatic carbocycles. The molecular weight excluding hydrogens is 212 g/mol. The summed E-state index contributed by atoms with van der Waals surface area (Å²) in [5, 5.41) is 0. The molecule has 84 valence electrons. The number of H-pyrrole nitrogens is 1. The van der Waals surface area contributed by atoms with Crippen LogP contribution in [-0.2, 0) is 6.42 Å². The minimum atomic E-state index is 0.777. The lowest BCUT2D eigenvalue weighted by atomic mass is 10.1. The Kier molecular flexibility index (Phi) is 2.33. The summed E-state index contributed by atoms with van der Waals surface area (Å²) in [5.74, 6) is 0.972. The first-order valence-corrected chi connectivity index (χ1v) is 5.62. The van der Waals surface area contributed by atoms with Crippen LogP contribution in [0.3, 0.4) is 0 Å². The second kappa shape index (κ2) is 3.97. The minimum Gasteiger partial charge on any atom is -0.341 e. The molecule has 0 aromatic carbocycles. The zero-order chi connectivity index (χ0) is 11.7. The summed E-state index contributed by atoms with van der Waals surface area (Å²) >= 11 is 0. The van der Waals surface area contributed by atoms with Gasteiger partial charge < -0.3 is 4.98 Å². The molecule has 0 saturated heterocycles. The molecule has 0 aliphatic heterocycles. The summed E-state index contributed by atoms with van der Waals surface area (Å²) in [5.41, 5.74) is 3.95. The van der Waals surface area contributed by atoms with Gasteiger partial charge >= 0.3 is 0 Å². The third-order valence-corrected chi connectivity index (χ3v) is 2.74. The molecule has 3 aromatic rings. The summed E-state index contributed by atoms with van der Waals surface area (Å²) in [6.45, 7) is 2.07. The lowest BCUT2D eigenvalue weighted by molar-refractivity contribution is 0.997. The van der Waals surface area contributed by atoms with Crippen LogP contribution in [0.5, 0.6) is 0 Å². The summed E-state index contributed by atoms with van der Waals surface area (Å²) in [4.78, 5) is 16.0. The van der Waals surface area contributed by atoms with Gasteiger partial charge in [-0.1, -0.05) is 6.92 Å². The molecule has 4 heteroatoms. The van der Waals surface area contributed by atoms with E-state index in [1.165, 1.54) is 0 Å². The fraction of sp³-hybridized carbons (Fsp3) is 0.154. The fourth-order valence-corrected chi connectivity index (χ4v) is 1.82. The zero-order valence-electron chi connectivity index (χ0n) is 9.51. The van der Waals surface area contributed by atoms with Crippen molar-refractivity contribution in [3.05, 3.63) is 42.6 Å². The van der Waals surface area contributed by atoms with Crippen LogP contribution in [0.1, 0.15) is 12.7 Å². The normalized spacial score (nSPS) is 10.9. The lowest BCUT2D eigenvalue weighted by Gasteiger charge is -1.99. The van der Waals surface area contributed by atoms with Crippen molar-refractivity contribution in [2.75, 3.05) is 0 Å². The van der Waals surface area contributed by atoms with E-state index in [9.17, 15) is 0 Å². The van der Waals surface area contributed by atoms with E-state index in [1.54, 1.807) is 12.4 Å². The molecule has 3 rings (SSSR count). The van der Waals surface area contributed by atoms with Crippen LogP contribution < -0.4 is 0 Å². The van der Waals surface area contributed by atoms with Crippen molar-refractivity contribution in [2.24, 2.45) is 0 Å². The second-order valence-electron chi connectivity index (χ2n) is 3.87. The summed E-state index contributed by atoms with van der Waals surface area (Å²) < 4.78 is 0. The maximum absolute atomic E-state index is 4.39. The van der Waals surface area contributed by atoms with Crippen LogP contribution in [0.25, 0.3) is 22.3 Å². The van der Waals surface area contributed by atoms with Crippen LogP contribution in [0.4, 0.5) is 0 Å². The molecule has 3 aromatic heterocycles. The van der Waals surface area contributed by atoms with Crippen molar-refractivity contribution < 1.29 is 0 Å². The van der Waals surface area contributed by atoms with E-state index >= 15 is 0 Å². The highest BCUT2D eigenvalue weighted by molar-refractivity contribution is 5.77. The number of fused-ring (bicyclic) bond motifs is 1. The van der Waals surface area contributed by atoms with E-state index in [0.717, 1.165) is 34.5 Å². The van der Waals surface area contributed by atoms with Crippen molar-refractivity contribution in [1.29, 1.82) is 0 Å². The highest BCUT2D eigenvalue weighted by Crippen LogP contribution is 2.20. The molecule has 0 bridgehead atoms. The molecule has 0 unspecified atom stereocenters. The predicted molar refractivity (Wildman–Crippen MR) is 66.5 cm³/mol. The summed E-state index contributed by atoms with van der Waals surface area (Å²) in [7, 11) is 0. The highest BCUT2D eigenvalue weighted by atomic mass is 15.0. The maximum atomic E-state index is 4.39. The Labute approximate surface area is 98.8 Å². The molecule has 0 fully saturated rings. The number of pyridine rings is 2. The third-order valence-electron chi connectivity index (χ3n) is 2.74. The lowest BCUT2D eigenvalue weighted by Crippen LogP contribution is -1.82. The standard InChI is InChI=1S/C13H12N4/c1-2-12-16-11-7-10(8-15-13(11)17-12)9-3-5-14-6-4-9/h3-8H,2H2,1H3,(H,15,16,17). The zero-order valence-corrected chi connectivity index (χ0v) is 9.51. The number of aromatic nitrogens is 4. The van der Waals surface area contributed by atoms with Gasteiger partial charge in [-0.15, -0.1) is 0 Å². The quantitative estimate of drug-likeness (QED) is 0.727. The Morgan fingerprint density at radius 2 is 2.00 bits per heavy atom. The van der Waals surface area contributed by atoms with Crippen LogP contribution in [0, 0.1) is 0 Å². The highest BCUT2D eigenvalue weighted by Gasteiger charge is 2.04. The molecule has 0 amide bonds. The van der Waals surface area contributed by atoms with Gasteiger partial charge in [-0.05, 0) is 23.8 Å². The summed E-state index contributed by atoms with van der Waals surface area (Å²) in [6, 6.07) is 6.02. The number of imidazole rings is 1. The molecule has 0 radical (unpaired) electrons. The molecule has 0 atom stereocenters. The van der Waals surface area contributed by atoms with Gasteiger partial charge in [-0.2, -0.15) is 0 Å². The van der Waals surface area contributed by atoms with Crippen LogP contribution in [0.2, 0.25) is 0 Å². The van der Waals surface area contributed by atoms with Gasteiger partial charge in [0.05, 0.1) is 5.52 Å². The van der Waals surface area contributed by atoms with Gasteiger partial charge in [-0.3, -0.25) is 4.98 Å². The number of aryl methyl sites for hydroxylation is 1. The summed E-state index contributed by atoms with van der Waals surface area (Å²) in [6.07, 6.45) is 6.30. The Balaban J connectivity index is 2.13. The predicted octanol–water partition coefficient (Wildman–Crippen LogP) is 2.58. The molecule has 4 nitrogen and oxygen atoms in total. The topological polar surface area (TPSA) is 54.5 Å². The minimum absolute atomic E-state index is 0.777. The van der Waals surface area contributed by atoms with Crippen molar-refractivity contribution in [3.8, 4) is 11.1 Å². The van der Waals surface area contributed by atoms with Gasteiger partial charge in [0, 0.05) is 30.6 Å². The van der Waals surface area contributed by atoms with Gasteiger partial charge in [0.15, 0.2) is 5.65 Å². The van der Waals surface area contributed by atoms with Crippen molar-refractivity contribution in [2.45, 2.75) is 13.3 Å². The van der Waals surface area contributed by atoms with Crippen molar-refractivity contribution in [3.63, 3.8) is 0 Å². The van der Waals surface area contributed by atoms with Gasteiger partial charge in [0.1, 0.15) is 5.82 Å². The number of nitrogens with zero attached hydrogens (tertiary/aromatic N) is 3. The largest absolute Gasteiger partial charge is 0.341 e. The van der Waals surface area contributed by atoms with Gasteiger partial charge in [0.25, 0.3) is 0 Å².